The van der Waals surface area contributed by atoms with Gasteiger partial charge in [0.1, 0.15) is 23.4 Å². The van der Waals surface area contributed by atoms with Gasteiger partial charge in [-0.15, -0.1) is 0 Å². The number of ether oxygens (including phenoxy) is 1. The molecule has 0 spiro atoms. The molecule has 1 heterocycles. The maximum absolute atomic E-state index is 14.2. The topological polar surface area (TPSA) is 61.8 Å². The third-order valence-corrected chi connectivity index (χ3v) is 7.25. The predicted octanol–water partition coefficient (Wildman–Crippen LogP) is 6.46. The fraction of sp³-hybridized carbons (Fsp3) is 0.364. The van der Waals surface area contributed by atoms with Crippen molar-refractivity contribution in [1.82, 2.24) is 10.2 Å². The van der Waals surface area contributed by atoms with Crippen molar-refractivity contribution < 1.29 is 19.0 Å². The second-order valence-corrected chi connectivity index (χ2v) is 10.7. The number of rotatable bonds is 9. The average molecular weight is 531 g/mol. The number of aryl methyl sites for hydroxylation is 1. The van der Waals surface area contributed by atoms with Crippen LogP contribution < -0.4 is 10.1 Å². The molecule has 0 unspecified atom stereocenters. The first-order chi connectivity index (χ1) is 18.7. The lowest BCUT2D eigenvalue weighted by molar-refractivity contribution is 0.0954. The van der Waals surface area contributed by atoms with Crippen LogP contribution in [0.4, 0.5) is 4.39 Å². The quantitative estimate of drug-likeness (QED) is 0.312. The molecule has 0 aliphatic carbocycles. The second kappa shape index (κ2) is 12.9. The van der Waals surface area contributed by atoms with Crippen LogP contribution in [0.15, 0.2) is 66.2 Å². The molecule has 39 heavy (non-hydrogen) atoms. The number of aromatic hydroxyl groups is 1. The van der Waals surface area contributed by atoms with Gasteiger partial charge >= 0.3 is 0 Å². The summed E-state index contributed by atoms with van der Waals surface area (Å²) < 4.78 is 20.6. The summed E-state index contributed by atoms with van der Waals surface area (Å²) in [6.45, 7) is 8.47. The van der Waals surface area contributed by atoms with Gasteiger partial charge in [0.15, 0.2) is 0 Å². The summed E-state index contributed by atoms with van der Waals surface area (Å²) in [6.07, 6.45) is 5.29. The maximum atomic E-state index is 14.2. The van der Waals surface area contributed by atoms with E-state index in [1.165, 1.54) is 12.1 Å². The number of carbonyl (C=O) groups excluding carboxylic acids is 1. The largest absolute Gasteiger partial charge is 0.508 e. The SMILES string of the molecule is CC(C)=CCc1cc(C(=O)NCCc2cc(C)c(OC3CCN(C)CC3)cc2-c2cccc(F)c2)ccc1O. The van der Waals surface area contributed by atoms with E-state index in [1.54, 1.807) is 24.3 Å². The van der Waals surface area contributed by atoms with Crippen molar-refractivity contribution in [2.24, 2.45) is 0 Å². The number of allylic oxidation sites excluding steroid dienone is 2. The van der Waals surface area contributed by atoms with Gasteiger partial charge in [-0.05, 0) is 118 Å². The number of benzene rings is 3. The molecule has 2 N–H and O–H groups in total. The highest BCUT2D eigenvalue weighted by Crippen LogP contribution is 2.33. The molecule has 4 rings (SSSR count). The summed E-state index contributed by atoms with van der Waals surface area (Å²) in [7, 11) is 2.13. The molecule has 1 amide bonds. The van der Waals surface area contributed by atoms with Crippen LogP contribution in [0.2, 0.25) is 0 Å². The van der Waals surface area contributed by atoms with Gasteiger partial charge in [0.25, 0.3) is 5.91 Å². The van der Waals surface area contributed by atoms with E-state index in [4.69, 9.17) is 4.74 Å². The zero-order valence-electron chi connectivity index (χ0n) is 23.4. The number of hydrogen-bond acceptors (Lipinski definition) is 4. The van der Waals surface area contributed by atoms with Crippen LogP contribution >= 0.6 is 0 Å². The Morgan fingerprint density at radius 1 is 1.10 bits per heavy atom. The first kappa shape index (κ1) is 28.4. The van der Waals surface area contributed by atoms with Crippen molar-refractivity contribution in [2.45, 2.75) is 52.6 Å². The number of phenols is 1. The maximum Gasteiger partial charge on any atom is 0.251 e. The average Bonchev–Trinajstić information content (AvgIpc) is 2.90. The molecule has 1 saturated heterocycles. The predicted molar refractivity (Wildman–Crippen MR) is 155 cm³/mol. The molecular formula is C33H39FN2O3. The molecule has 1 aliphatic rings. The molecule has 1 fully saturated rings. The van der Waals surface area contributed by atoms with Gasteiger partial charge in [-0.2, -0.15) is 0 Å². The molecule has 0 bridgehead atoms. The van der Waals surface area contributed by atoms with E-state index < -0.39 is 0 Å². The Morgan fingerprint density at radius 2 is 1.87 bits per heavy atom. The smallest absolute Gasteiger partial charge is 0.251 e. The zero-order valence-corrected chi connectivity index (χ0v) is 23.4. The molecule has 206 valence electrons. The molecule has 1 aliphatic heterocycles. The standard InChI is InChI=1S/C33H39FN2O3/c1-22(2)8-9-26-19-27(10-11-31(26)37)33(38)35-15-12-25-18-23(3)32(39-29-13-16-36(4)17-14-29)21-30(25)24-6-5-7-28(34)20-24/h5-8,10-11,18-21,29,37H,9,12-17H2,1-4H3,(H,35,38). The van der Waals surface area contributed by atoms with E-state index in [9.17, 15) is 14.3 Å². The Hall–Kier alpha value is -3.64. The van der Waals surface area contributed by atoms with Crippen LogP contribution in [0.1, 0.15) is 53.7 Å². The monoisotopic (exact) mass is 530 g/mol. The summed E-state index contributed by atoms with van der Waals surface area (Å²) in [6, 6.07) is 15.6. The highest BCUT2D eigenvalue weighted by atomic mass is 19.1. The van der Waals surface area contributed by atoms with Gasteiger partial charge in [0.05, 0.1) is 0 Å². The number of hydrogen-bond donors (Lipinski definition) is 2. The van der Waals surface area contributed by atoms with E-state index in [1.807, 2.05) is 39.0 Å². The normalized spacial score (nSPS) is 14.2. The van der Waals surface area contributed by atoms with Crippen molar-refractivity contribution in [3.63, 3.8) is 0 Å². The van der Waals surface area contributed by atoms with Crippen molar-refractivity contribution >= 4 is 5.91 Å². The number of nitrogens with zero attached hydrogens (tertiary/aromatic N) is 1. The summed E-state index contributed by atoms with van der Waals surface area (Å²) in [4.78, 5) is 15.2. The number of nitrogens with one attached hydrogen (secondary N) is 1. The lowest BCUT2D eigenvalue weighted by atomic mass is 9.94. The lowest BCUT2D eigenvalue weighted by Gasteiger charge is -2.30. The summed E-state index contributed by atoms with van der Waals surface area (Å²) in [5.41, 5.74) is 6.11. The molecule has 0 atom stereocenters. The molecule has 5 nitrogen and oxygen atoms in total. The van der Waals surface area contributed by atoms with Gasteiger partial charge in [0.2, 0.25) is 0 Å². The van der Waals surface area contributed by atoms with E-state index in [0.29, 0.717) is 30.5 Å². The molecule has 3 aromatic carbocycles. The molecular weight excluding hydrogens is 491 g/mol. The molecule has 0 radical (unpaired) electrons. The Labute approximate surface area is 231 Å². The van der Waals surface area contributed by atoms with Crippen molar-refractivity contribution in [1.29, 1.82) is 0 Å². The summed E-state index contributed by atoms with van der Waals surface area (Å²) in [5.74, 6) is 0.521. The Kier molecular flexibility index (Phi) is 9.41. The summed E-state index contributed by atoms with van der Waals surface area (Å²) in [5, 5.41) is 13.2. The van der Waals surface area contributed by atoms with Crippen molar-refractivity contribution in [3.05, 3.63) is 94.3 Å². The highest BCUT2D eigenvalue weighted by Gasteiger charge is 2.20. The van der Waals surface area contributed by atoms with Crippen LogP contribution in [-0.2, 0) is 12.8 Å². The van der Waals surface area contributed by atoms with Crippen LogP contribution in [0.3, 0.4) is 0 Å². The van der Waals surface area contributed by atoms with Gasteiger partial charge in [-0.1, -0.05) is 29.8 Å². The van der Waals surface area contributed by atoms with E-state index in [-0.39, 0.29) is 23.6 Å². The number of halogens is 1. The number of phenolic OH excluding ortho intramolecular Hbond substituents is 1. The van der Waals surface area contributed by atoms with Crippen LogP contribution in [0.25, 0.3) is 11.1 Å². The summed E-state index contributed by atoms with van der Waals surface area (Å²) >= 11 is 0. The number of piperidine rings is 1. The molecule has 3 aromatic rings. The highest BCUT2D eigenvalue weighted by molar-refractivity contribution is 5.94. The Bertz CT molecular complexity index is 1340. The van der Waals surface area contributed by atoms with Gasteiger partial charge in [0, 0.05) is 25.2 Å². The minimum atomic E-state index is -0.290. The minimum absolute atomic E-state index is 0.164. The van der Waals surface area contributed by atoms with Crippen LogP contribution in [0, 0.1) is 12.7 Å². The fourth-order valence-corrected chi connectivity index (χ4v) is 4.91. The Balaban J connectivity index is 1.51. The van der Waals surface area contributed by atoms with Gasteiger partial charge < -0.3 is 20.1 Å². The zero-order chi connectivity index (χ0) is 27.9. The van der Waals surface area contributed by atoms with Crippen molar-refractivity contribution in [2.75, 3.05) is 26.7 Å². The molecule has 6 heteroatoms. The lowest BCUT2D eigenvalue weighted by Crippen LogP contribution is -2.35. The minimum Gasteiger partial charge on any atom is -0.508 e. The Morgan fingerprint density at radius 3 is 2.59 bits per heavy atom. The first-order valence-corrected chi connectivity index (χ1v) is 13.7. The van der Waals surface area contributed by atoms with Crippen molar-refractivity contribution in [3.8, 4) is 22.6 Å². The molecule has 0 saturated carbocycles. The molecule has 0 aromatic heterocycles. The van der Waals surface area contributed by atoms with E-state index in [0.717, 1.165) is 59.5 Å². The van der Waals surface area contributed by atoms with Crippen LogP contribution in [-0.4, -0.2) is 48.7 Å². The third kappa shape index (κ3) is 7.70. The van der Waals surface area contributed by atoms with E-state index in [2.05, 4.69) is 23.3 Å². The van der Waals surface area contributed by atoms with Gasteiger partial charge in [-0.3, -0.25) is 4.79 Å². The van der Waals surface area contributed by atoms with E-state index >= 15 is 0 Å². The van der Waals surface area contributed by atoms with Gasteiger partial charge in [-0.25, -0.2) is 4.39 Å². The number of amides is 1. The number of carbonyl (C=O) groups is 1. The third-order valence-electron chi connectivity index (χ3n) is 7.25. The number of likely N-dealkylation sites (tertiary alicyclic amines) is 1. The first-order valence-electron chi connectivity index (χ1n) is 13.7. The van der Waals surface area contributed by atoms with Crippen LogP contribution in [0.5, 0.6) is 11.5 Å². The second-order valence-electron chi connectivity index (χ2n) is 10.7. The fourth-order valence-electron chi connectivity index (χ4n) is 4.91.